The van der Waals surface area contributed by atoms with Crippen LogP contribution in [0.5, 0.6) is 0 Å². The lowest BCUT2D eigenvalue weighted by atomic mass is 9.92. The number of anilines is 1. The van der Waals surface area contributed by atoms with Gasteiger partial charge >= 0.3 is 6.03 Å². The van der Waals surface area contributed by atoms with Crippen molar-refractivity contribution in [3.63, 3.8) is 0 Å². The molecule has 0 aromatic carbocycles. The molecule has 2 amide bonds. The lowest BCUT2D eigenvalue weighted by Crippen LogP contribution is -2.35. The van der Waals surface area contributed by atoms with E-state index in [1.54, 1.807) is 6.20 Å². The first-order valence-corrected chi connectivity index (χ1v) is 8.64. The molecule has 1 fully saturated rings. The van der Waals surface area contributed by atoms with Crippen LogP contribution in [0.15, 0.2) is 18.5 Å². The Morgan fingerprint density at radius 2 is 2.17 bits per heavy atom. The second kappa shape index (κ2) is 6.22. The van der Waals surface area contributed by atoms with E-state index in [2.05, 4.69) is 25.7 Å². The molecule has 0 aliphatic heterocycles. The number of aromatic nitrogens is 4. The summed E-state index contributed by atoms with van der Waals surface area (Å²) in [5.41, 5.74) is 2.09. The van der Waals surface area contributed by atoms with E-state index in [0.717, 1.165) is 55.0 Å². The quantitative estimate of drug-likeness (QED) is 0.908. The second-order valence-corrected chi connectivity index (χ2v) is 6.61. The number of aryl methyl sites for hydroxylation is 2. The van der Waals surface area contributed by atoms with Crippen LogP contribution in [0.3, 0.4) is 0 Å². The first kappa shape index (κ1) is 15.1. The Bertz CT molecular complexity index is 751. The van der Waals surface area contributed by atoms with Crippen LogP contribution >= 0.6 is 0 Å². The Labute approximate surface area is 140 Å². The number of nitrogens with one attached hydrogen (secondary N) is 2. The van der Waals surface area contributed by atoms with Gasteiger partial charge in [-0.05, 0) is 45.4 Å². The van der Waals surface area contributed by atoms with E-state index >= 15 is 0 Å². The maximum Gasteiger partial charge on any atom is 0.320 e. The van der Waals surface area contributed by atoms with Crippen molar-refractivity contribution >= 4 is 11.8 Å². The molecule has 24 heavy (non-hydrogen) atoms. The summed E-state index contributed by atoms with van der Waals surface area (Å²) in [5.74, 6) is 1.54. The summed E-state index contributed by atoms with van der Waals surface area (Å²) in [6.45, 7) is 1.89. The van der Waals surface area contributed by atoms with Crippen molar-refractivity contribution in [1.82, 2.24) is 25.1 Å². The summed E-state index contributed by atoms with van der Waals surface area (Å²) in [5, 5.41) is 10.3. The van der Waals surface area contributed by atoms with Gasteiger partial charge in [0.2, 0.25) is 0 Å². The van der Waals surface area contributed by atoms with Crippen molar-refractivity contribution in [2.75, 3.05) is 5.32 Å². The SMILES string of the molecule is Cc1ncc2c(n1)CCCC2NC(=O)Nc1ccnn1C1CCC1. The van der Waals surface area contributed by atoms with Gasteiger partial charge in [-0.1, -0.05) is 0 Å². The Hall–Kier alpha value is -2.44. The molecule has 7 heteroatoms. The highest BCUT2D eigenvalue weighted by atomic mass is 16.2. The fourth-order valence-corrected chi connectivity index (χ4v) is 3.44. The number of amides is 2. The van der Waals surface area contributed by atoms with Crippen molar-refractivity contribution in [3.05, 3.63) is 35.5 Å². The van der Waals surface area contributed by atoms with E-state index in [0.29, 0.717) is 6.04 Å². The molecule has 4 rings (SSSR count). The predicted octanol–water partition coefficient (Wildman–Crippen LogP) is 2.91. The van der Waals surface area contributed by atoms with Gasteiger partial charge in [-0.15, -0.1) is 0 Å². The third kappa shape index (κ3) is 2.86. The van der Waals surface area contributed by atoms with Crippen molar-refractivity contribution in [2.45, 2.75) is 57.5 Å². The van der Waals surface area contributed by atoms with E-state index in [1.165, 1.54) is 6.42 Å². The fraction of sp³-hybridized carbons (Fsp3) is 0.529. The molecule has 2 aliphatic rings. The molecule has 2 aliphatic carbocycles. The van der Waals surface area contributed by atoms with Gasteiger partial charge in [0.25, 0.3) is 0 Å². The summed E-state index contributed by atoms with van der Waals surface area (Å²) >= 11 is 0. The smallest absolute Gasteiger partial charge is 0.320 e. The van der Waals surface area contributed by atoms with Crippen molar-refractivity contribution in [3.8, 4) is 0 Å². The van der Waals surface area contributed by atoms with Gasteiger partial charge in [0.05, 0.1) is 18.3 Å². The predicted molar refractivity (Wildman–Crippen MR) is 89.7 cm³/mol. The summed E-state index contributed by atoms with van der Waals surface area (Å²) in [6, 6.07) is 2.03. The number of hydrogen-bond acceptors (Lipinski definition) is 4. The molecule has 2 aromatic rings. The molecule has 126 valence electrons. The van der Waals surface area contributed by atoms with Crippen LogP contribution in [0.1, 0.15) is 61.3 Å². The van der Waals surface area contributed by atoms with Crippen LogP contribution in [0.4, 0.5) is 10.6 Å². The van der Waals surface area contributed by atoms with Crippen molar-refractivity contribution in [2.24, 2.45) is 0 Å². The first-order chi connectivity index (χ1) is 11.7. The van der Waals surface area contributed by atoms with E-state index < -0.39 is 0 Å². The molecule has 0 radical (unpaired) electrons. The summed E-state index contributed by atoms with van der Waals surface area (Å²) in [4.78, 5) is 21.2. The normalized spacial score (nSPS) is 20.1. The monoisotopic (exact) mass is 326 g/mol. The average molecular weight is 326 g/mol. The highest BCUT2D eigenvalue weighted by Gasteiger charge is 2.25. The Morgan fingerprint density at radius 1 is 1.29 bits per heavy atom. The van der Waals surface area contributed by atoms with E-state index in [4.69, 9.17) is 0 Å². The molecule has 0 bridgehead atoms. The number of nitrogens with zero attached hydrogens (tertiary/aromatic N) is 4. The molecule has 1 unspecified atom stereocenters. The van der Waals surface area contributed by atoms with Crippen LogP contribution < -0.4 is 10.6 Å². The first-order valence-electron chi connectivity index (χ1n) is 8.64. The largest absolute Gasteiger partial charge is 0.331 e. The maximum atomic E-state index is 12.4. The topological polar surface area (TPSA) is 84.7 Å². The third-order valence-electron chi connectivity index (χ3n) is 4.94. The molecule has 7 nitrogen and oxygen atoms in total. The Kier molecular flexibility index (Phi) is 3.92. The van der Waals surface area contributed by atoms with Gasteiger partial charge in [-0.3, -0.25) is 5.32 Å². The van der Waals surface area contributed by atoms with Gasteiger partial charge in [0, 0.05) is 23.5 Å². The minimum atomic E-state index is -0.200. The minimum Gasteiger partial charge on any atom is -0.331 e. The molecule has 2 heterocycles. The van der Waals surface area contributed by atoms with Gasteiger partial charge in [-0.25, -0.2) is 19.4 Å². The number of rotatable bonds is 3. The van der Waals surface area contributed by atoms with Crippen molar-refractivity contribution in [1.29, 1.82) is 0 Å². The lowest BCUT2D eigenvalue weighted by molar-refractivity contribution is 0.246. The molecule has 0 spiro atoms. The maximum absolute atomic E-state index is 12.4. The molecule has 2 N–H and O–H groups in total. The van der Waals surface area contributed by atoms with Crippen LogP contribution in [0.2, 0.25) is 0 Å². The van der Waals surface area contributed by atoms with Gasteiger partial charge < -0.3 is 5.32 Å². The van der Waals surface area contributed by atoms with E-state index in [-0.39, 0.29) is 12.1 Å². The third-order valence-corrected chi connectivity index (χ3v) is 4.94. The van der Waals surface area contributed by atoms with Crippen LogP contribution in [0.25, 0.3) is 0 Å². The molecular weight excluding hydrogens is 304 g/mol. The number of hydrogen-bond donors (Lipinski definition) is 2. The van der Waals surface area contributed by atoms with E-state index in [9.17, 15) is 4.79 Å². The van der Waals surface area contributed by atoms with Crippen LogP contribution in [-0.4, -0.2) is 25.8 Å². The summed E-state index contributed by atoms with van der Waals surface area (Å²) in [7, 11) is 0. The minimum absolute atomic E-state index is 0.0329. The molecular formula is C17H22N6O. The fourth-order valence-electron chi connectivity index (χ4n) is 3.44. The van der Waals surface area contributed by atoms with Gasteiger partial charge in [0.15, 0.2) is 0 Å². The van der Waals surface area contributed by atoms with Crippen molar-refractivity contribution < 1.29 is 4.79 Å². The zero-order chi connectivity index (χ0) is 16.5. The second-order valence-electron chi connectivity index (χ2n) is 6.61. The standard InChI is InChI=1S/C17H22N6O/c1-11-18-10-13-14(20-11)6-3-7-15(13)21-17(24)22-16-8-9-19-23(16)12-4-2-5-12/h8-10,12,15H,2-7H2,1H3,(H2,21,22,24). The highest BCUT2D eigenvalue weighted by Crippen LogP contribution is 2.33. The van der Waals surface area contributed by atoms with E-state index in [1.807, 2.05) is 23.9 Å². The average Bonchev–Trinajstić information content (AvgIpc) is 2.93. The molecule has 0 saturated heterocycles. The Balaban J connectivity index is 1.45. The highest BCUT2D eigenvalue weighted by molar-refractivity contribution is 5.88. The molecule has 1 atom stereocenters. The van der Waals surface area contributed by atoms with Crippen LogP contribution in [0, 0.1) is 6.92 Å². The number of carbonyl (C=O) groups is 1. The number of carbonyl (C=O) groups excluding carboxylic acids is 1. The number of urea groups is 1. The summed E-state index contributed by atoms with van der Waals surface area (Å²) in [6.07, 6.45) is 9.96. The number of fused-ring (bicyclic) bond motifs is 1. The Morgan fingerprint density at radius 3 is 2.96 bits per heavy atom. The zero-order valence-corrected chi connectivity index (χ0v) is 13.8. The van der Waals surface area contributed by atoms with Gasteiger partial charge in [0.1, 0.15) is 11.6 Å². The lowest BCUT2D eigenvalue weighted by Gasteiger charge is -2.28. The molecule has 1 saturated carbocycles. The summed E-state index contributed by atoms with van der Waals surface area (Å²) < 4.78 is 1.92. The zero-order valence-electron chi connectivity index (χ0n) is 13.8. The van der Waals surface area contributed by atoms with Crippen LogP contribution in [-0.2, 0) is 6.42 Å². The van der Waals surface area contributed by atoms with Gasteiger partial charge in [-0.2, -0.15) is 5.10 Å². The molecule has 2 aromatic heterocycles.